The van der Waals surface area contributed by atoms with Crippen molar-refractivity contribution in [2.75, 3.05) is 0 Å². The van der Waals surface area contributed by atoms with E-state index >= 15 is 0 Å². The van der Waals surface area contributed by atoms with Crippen molar-refractivity contribution in [3.8, 4) is 11.8 Å². The number of halogens is 3. The Morgan fingerprint density at radius 3 is 1.76 bits per heavy atom. The Balaban J connectivity index is 1.61. The molecule has 0 N–H and O–H groups in total. The fourth-order valence-electron chi connectivity index (χ4n) is 3.82. The van der Waals surface area contributed by atoms with Crippen molar-refractivity contribution in [1.82, 2.24) is 5.06 Å². The van der Waals surface area contributed by atoms with E-state index < -0.39 is 17.7 Å². The van der Waals surface area contributed by atoms with Crippen molar-refractivity contribution < 1.29 is 27.6 Å². The van der Waals surface area contributed by atoms with Crippen LogP contribution in [0.4, 0.5) is 13.2 Å². The molecule has 0 heterocycles. The van der Waals surface area contributed by atoms with E-state index in [0.29, 0.717) is 5.56 Å². The molecule has 3 aromatic carbocycles. The van der Waals surface area contributed by atoms with Gasteiger partial charge in [-0.3, -0.25) is 4.79 Å². The number of hydrogen-bond donors (Lipinski definition) is 0. The number of rotatable bonds is 11. The lowest BCUT2D eigenvalue weighted by Gasteiger charge is -2.20. The zero-order chi connectivity index (χ0) is 27.4. The fraction of sp³-hybridized carbons (Fsp3) is 0.290. The molecule has 0 aliphatic rings. The van der Waals surface area contributed by atoms with Gasteiger partial charge in [0.25, 0.3) is 0 Å². The highest BCUT2D eigenvalue weighted by Crippen LogP contribution is 2.29. The summed E-state index contributed by atoms with van der Waals surface area (Å²) in [5, 5.41) is 1.23. The Bertz CT molecular complexity index is 1240. The molecule has 0 aromatic heterocycles. The predicted molar refractivity (Wildman–Crippen MR) is 140 cm³/mol. The number of hydroxylamine groups is 2. The number of carbonyl (C=O) groups is 2. The zero-order valence-electron chi connectivity index (χ0n) is 21.3. The molecule has 0 aliphatic carbocycles. The zero-order valence-corrected chi connectivity index (χ0v) is 21.3. The van der Waals surface area contributed by atoms with E-state index in [4.69, 9.17) is 4.84 Å². The first-order valence-electron chi connectivity index (χ1n) is 12.5. The molecule has 0 fully saturated rings. The van der Waals surface area contributed by atoms with Gasteiger partial charge in [0.15, 0.2) is 0 Å². The van der Waals surface area contributed by atoms with E-state index in [1.807, 2.05) is 36.4 Å². The van der Waals surface area contributed by atoms with Crippen LogP contribution in [0.3, 0.4) is 0 Å². The molecule has 3 aromatic rings. The summed E-state index contributed by atoms with van der Waals surface area (Å²) >= 11 is 0. The average molecular weight is 522 g/mol. The maximum Gasteiger partial charge on any atom is 0.416 e. The maximum absolute atomic E-state index is 12.8. The third kappa shape index (κ3) is 9.53. The molecule has 0 radical (unpaired) electrons. The third-order valence-corrected chi connectivity index (χ3v) is 5.89. The summed E-state index contributed by atoms with van der Waals surface area (Å²) in [6.45, 7) is 2.34. The molecule has 0 saturated heterocycles. The molecular weight excluding hydrogens is 491 g/mol. The first-order chi connectivity index (χ1) is 18.3. The number of aldehydes is 1. The Kier molecular flexibility index (Phi) is 10.7. The van der Waals surface area contributed by atoms with Crippen LogP contribution in [-0.4, -0.2) is 17.3 Å². The first kappa shape index (κ1) is 28.7. The van der Waals surface area contributed by atoms with Crippen LogP contribution >= 0.6 is 0 Å². The molecule has 0 saturated carbocycles. The number of benzene rings is 3. The Labute approximate surface area is 221 Å². The highest BCUT2D eigenvalue weighted by Gasteiger charge is 2.30. The summed E-state index contributed by atoms with van der Waals surface area (Å²) < 4.78 is 38.5. The van der Waals surface area contributed by atoms with Crippen LogP contribution < -0.4 is 0 Å². The van der Waals surface area contributed by atoms with Crippen molar-refractivity contribution in [2.45, 2.75) is 58.3 Å². The molecule has 198 valence electrons. The number of nitrogens with zero attached hydrogens (tertiary/aromatic N) is 1. The van der Waals surface area contributed by atoms with E-state index in [-0.39, 0.29) is 19.4 Å². The van der Waals surface area contributed by atoms with Gasteiger partial charge in [0.2, 0.25) is 6.29 Å². The van der Waals surface area contributed by atoms with Gasteiger partial charge in [0.05, 0.1) is 18.7 Å². The maximum atomic E-state index is 12.8. The summed E-state index contributed by atoms with van der Waals surface area (Å²) in [7, 11) is 0. The molecule has 3 rings (SSSR count). The topological polar surface area (TPSA) is 46.6 Å². The Morgan fingerprint density at radius 1 is 0.789 bits per heavy atom. The molecule has 0 aliphatic heterocycles. The van der Waals surface area contributed by atoms with Crippen molar-refractivity contribution in [2.24, 2.45) is 0 Å². The summed E-state index contributed by atoms with van der Waals surface area (Å²) in [5.74, 6) is 5.20. The van der Waals surface area contributed by atoms with Crippen LogP contribution in [0, 0.1) is 11.8 Å². The molecule has 0 spiro atoms. The lowest BCUT2D eigenvalue weighted by Crippen LogP contribution is -2.27. The summed E-state index contributed by atoms with van der Waals surface area (Å²) in [4.78, 5) is 27.4. The SMILES string of the molecule is CCCCCCc1ccc(C#Cc2ccc(CN(Cc3ccc(C(F)(F)F)cc3)OC(=O)C=O)cc2)cc1. The third-order valence-electron chi connectivity index (χ3n) is 5.89. The minimum absolute atomic E-state index is 0.00781. The second-order valence-electron chi connectivity index (χ2n) is 8.98. The van der Waals surface area contributed by atoms with Crippen molar-refractivity contribution in [3.63, 3.8) is 0 Å². The second kappa shape index (κ2) is 14.2. The highest BCUT2D eigenvalue weighted by atomic mass is 19.4. The normalized spacial score (nSPS) is 11.1. The van der Waals surface area contributed by atoms with Crippen LogP contribution in [0.2, 0.25) is 0 Å². The summed E-state index contributed by atoms with van der Waals surface area (Å²) in [5.41, 5.74) is 3.53. The van der Waals surface area contributed by atoms with Gasteiger partial charge in [-0.2, -0.15) is 13.2 Å². The molecule has 7 heteroatoms. The van der Waals surface area contributed by atoms with E-state index in [2.05, 4.69) is 30.9 Å². The number of alkyl halides is 3. The van der Waals surface area contributed by atoms with Crippen LogP contribution in [0.1, 0.15) is 66.0 Å². The fourth-order valence-corrected chi connectivity index (χ4v) is 3.82. The van der Waals surface area contributed by atoms with Gasteiger partial charge < -0.3 is 4.84 Å². The average Bonchev–Trinajstić information content (AvgIpc) is 2.91. The Hall–Kier alpha value is -3.89. The highest BCUT2D eigenvalue weighted by molar-refractivity contribution is 6.20. The lowest BCUT2D eigenvalue weighted by molar-refractivity contribution is -0.195. The molecule has 0 bridgehead atoms. The van der Waals surface area contributed by atoms with Gasteiger partial charge in [-0.25, -0.2) is 4.79 Å². The molecule has 0 amide bonds. The number of unbranched alkanes of at least 4 members (excludes halogenated alkanes) is 3. The van der Waals surface area contributed by atoms with Gasteiger partial charge in [-0.15, -0.1) is 5.06 Å². The summed E-state index contributed by atoms with van der Waals surface area (Å²) in [6.07, 6.45) is 1.62. The van der Waals surface area contributed by atoms with Crippen molar-refractivity contribution in [3.05, 3.63) is 106 Å². The van der Waals surface area contributed by atoms with Crippen molar-refractivity contribution in [1.29, 1.82) is 0 Å². The van der Waals surface area contributed by atoms with E-state index in [1.165, 1.54) is 48.4 Å². The minimum atomic E-state index is -4.44. The van der Waals surface area contributed by atoms with Gasteiger partial charge in [0, 0.05) is 11.1 Å². The van der Waals surface area contributed by atoms with Gasteiger partial charge in [-0.05, 0) is 65.9 Å². The largest absolute Gasteiger partial charge is 0.416 e. The van der Waals surface area contributed by atoms with Gasteiger partial charge >= 0.3 is 12.1 Å². The quantitative estimate of drug-likeness (QED) is 0.0907. The standard InChI is InChI=1S/C31H30F3NO3/c1-2-3-4-5-6-24-7-9-25(10-8-24)11-12-26-13-15-27(16-14-26)21-35(38-30(37)23-36)22-28-17-19-29(20-18-28)31(32,33)34/h7-10,13-20,23H,2-6,21-22H2,1H3. The molecular formula is C31H30F3NO3. The number of carbonyl (C=O) groups excluding carboxylic acids is 2. The lowest BCUT2D eigenvalue weighted by atomic mass is 10.0. The van der Waals surface area contributed by atoms with Crippen LogP contribution in [0.25, 0.3) is 0 Å². The Morgan fingerprint density at radius 2 is 1.29 bits per heavy atom. The summed E-state index contributed by atoms with van der Waals surface area (Å²) in [6, 6.07) is 20.1. The van der Waals surface area contributed by atoms with Crippen LogP contribution in [0.5, 0.6) is 0 Å². The predicted octanol–water partition coefficient (Wildman–Crippen LogP) is 6.89. The number of aryl methyl sites for hydroxylation is 1. The van der Waals surface area contributed by atoms with E-state index in [1.54, 1.807) is 0 Å². The van der Waals surface area contributed by atoms with Crippen LogP contribution in [-0.2, 0) is 40.1 Å². The van der Waals surface area contributed by atoms with E-state index in [0.717, 1.165) is 35.2 Å². The minimum Gasteiger partial charge on any atom is -0.361 e. The van der Waals surface area contributed by atoms with Crippen LogP contribution in [0.15, 0.2) is 72.8 Å². The molecule has 0 unspecified atom stereocenters. The van der Waals surface area contributed by atoms with Gasteiger partial charge in [-0.1, -0.05) is 74.4 Å². The second-order valence-corrected chi connectivity index (χ2v) is 8.98. The molecule has 4 nitrogen and oxygen atoms in total. The van der Waals surface area contributed by atoms with E-state index in [9.17, 15) is 22.8 Å². The number of hydrogen-bond acceptors (Lipinski definition) is 4. The molecule has 0 atom stereocenters. The van der Waals surface area contributed by atoms with Gasteiger partial charge in [0.1, 0.15) is 0 Å². The van der Waals surface area contributed by atoms with Crippen molar-refractivity contribution >= 4 is 12.3 Å². The molecule has 38 heavy (non-hydrogen) atoms. The smallest absolute Gasteiger partial charge is 0.361 e. The monoisotopic (exact) mass is 521 g/mol. The first-order valence-corrected chi connectivity index (χ1v) is 12.5.